The van der Waals surface area contributed by atoms with E-state index in [1.165, 1.54) is 38.2 Å². The van der Waals surface area contributed by atoms with Crippen LogP contribution in [0.2, 0.25) is 5.02 Å². The van der Waals surface area contributed by atoms with E-state index >= 15 is 0 Å². The van der Waals surface area contributed by atoms with Crippen LogP contribution in [0.3, 0.4) is 0 Å². The van der Waals surface area contributed by atoms with E-state index in [2.05, 4.69) is 15.1 Å². The number of halogens is 2. The fourth-order valence-corrected chi connectivity index (χ4v) is 3.89. The first-order valence-electron chi connectivity index (χ1n) is 11.8. The van der Waals surface area contributed by atoms with Crippen molar-refractivity contribution in [1.82, 2.24) is 19.7 Å². The van der Waals surface area contributed by atoms with Gasteiger partial charge >= 0.3 is 0 Å². The largest absolute Gasteiger partial charge is 0.381 e. The number of aromatic nitrogens is 4. The molecule has 4 heterocycles. The lowest BCUT2D eigenvalue weighted by atomic mass is 10.0. The molecule has 7 heteroatoms. The number of fused-ring (bicyclic) bond motifs is 1. The van der Waals surface area contributed by atoms with Crippen molar-refractivity contribution in [3.05, 3.63) is 77.1 Å². The van der Waals surface area contributed by atoms with Gasteiger partial charge in [0.05, 0.1) is 6.04 Å². The molecule has 4 aromatic rings. The molecule has 1 aliphatic carbocycles. The molecule has 0 amide bonds. The molecule has 6 rings (SSSR count). The second kappa shape index (κ2) is 11.5. The first kappa shape index (κ1) is 24.3. The van der Waals surface area contributed by atoms with Crippen LogP contribution in [-0.4, -0.2) is 33.0 Å². The Morgan fingerprint density at radius 2 is 1.79 bits per heavy atom. The molecule has 0 N–H and O–H groups in total. The molecule has 0 atom stereocenters. The molecule has 3 aromatic heterocycles. The summed E-state index contributed by atoms with van der Waals surface area (Å²) < 4.78 is 21.2. The van der Waals surface area contributed by atoms with Gasteiger partial charge in [-0.2, -0.15) is 5.10 Å². The van der Waals surface area contributed by atoms with Gasteiger partial charge in [0.15, 0.2) is 5.65 Å². The van der Waals surface area contributed by atoms with E-state index < -0.39 is 0 Å². The van der Waals surface area contributed by atoms with Crippen LogP contribution in [0, 0.1) is 19.7 Å². The van der Waals surface area contributed by atoms with Crippen LogP contribution >= 0.6 is 11.6 Å². The van der Waals surface area contributed by atoms with Gasteiger partial charge in [-0.25, -0.2) is 14.4 Å². The second-order valence-corrected chi connectivity index (χ2v) is 9.07. The van der Waals surface area contributed by atoms with Crippen molar-refractivity contribution in [1.29, 1.82) is 0 Å². The molecule has 1 saturated heterocycles. The normalized spacial score (nSPS) is 15.2. The Balaban J connectivity index is 0.000000158. The minimum atomic E-state index is -0.344. The van der Waals surface area contributed by atoms with Gasteiger partial charge in [-0.15, -0.1) is 0 Å². The highest BCUT2D eigenvalue weighted by Crippen LogP contribution is 2.33. The molecule has 2 aliphatic rings. The Morgan fingerprint density at radius 3 is 2.38 bits per heavy atom. The van der Waals surface area contributed by atoms with E-state index in [0.29, 0.717) is 16.2 Å². The monoisotopic (exact) mass is 480 g/mol. The first-order chi connectivity index (χ1) is 16.5. The summed E-state index contributed by atoms with van der Waals surface area (Å²) in [6, 6.07) is 11.2. The van der Waals surface area contributed by atoms with Crippen molar-refractivity contribution in [2.45, 2.75) is 52.0 Å². The Morgan fingerprint density at radius 1 is 1.00 bits per heavy atom. The predicted octanol–water partition coefficient (Wildman–Crippen LogP) is 7.11. The lowest BCUT2D eigenvalue weighted by Crippen LogP contribution is -2.03. The number of aryl methyl sites for hydroxylation is 2. The fourth-order valence-electron chi connectivity index (χ4n) is 3.73. The summed E-state index contributed by atoms with van der Waals surface area (Å²) >= 11 is 5.80. The molecule has 0 spiro atoms. The minimum absolute atomic E-state index is 0.344. The van der Waals surface area contributed by atoms with Crippen molar-refractivity contribution in [2.75, 3.05) is 13.2 Å². The Bertz CT molecular complexity index is 1210. The van der Waals surface area contributed by atoms with E-state index in [1.807, 2.05) is 43.1 Å². The van der Waals surface area contributed by atoms with Crippen molar-refractivity contribution >= 4 is 22.6 Å². The van der Waals surface area contributed by atoms with E-state index in [9.17, 15) is 4.39 Å². The maximum absolute atomic E-state index is 14.1. The van der Waals surface area contributed by atoms with Crippen LogP contribution in [0.1, 0.15) is 49.4 Å². The summed E-state index contributed by atoms with van der Waals surface area (Å²) in [4.78, 5) is 8.71. The van der Waals surface area contributed by atoms with E-state index in [-0.39, 0.29) is 5.82 Å². The first-order valence-corrected chi connectivity index (χ1v) is 12.2. The molecule has 0 radical (unpaired) electrons. The summed E-state index contributed by atoms with van der Waals surface area (Å²) in [7, 11) is 0. The average molecular weight is 481 g/mol. The number of rotatable bonds is 2. The van der Waals surface area contributed by atoms with Gasteiger partial charge in [-0.3, -0.25) is 4.68 Å². The third kappa shape index (κ3) is 6.39. The van der Waals surface area contributed by atoms with E-state index in [4.69, 9.17) is 16.3 Å². The maximum atomic E-state index is 14.1. The SMILES string of the molecule is C1CCOCC1.Cc1cc2c(-c3ccc(Cl)cc3F)ccnc2nc1C.c1cnn(C2CC2)c1. The summed E-state index contributed by atoms with van der Waals surface area (Å²) in [6.45, 7) is 5.92. The molecule has 1 saturated carbocycles. The van der Waals surface area contributed by atoms with Gasteiger partial charge < -0.3 is 4.74 Å². The van der Waals surface area contributed by atoms with Crippen LogP contribution in [-0.2, 0) is 4.74 Å². The van der Waals surface area contributed by atoms with Crippen LogP contribution in [0.4, 0.5) is 4.39 Å². The standard InChI is InChI=1S/C16H12ClFN2.C6H8N2.C5H10O/c1-9-7-14-12(5-6-19-16(14)20-10(9)2)13-4-3-11(17)8-15(13)18;1-4-7-8(5-1)6-2-3-6;1-2-4-6-5-3-1/h3-8H,1-2H3;1,4-6H,2-3H2;1-5H2. The lowest BCUT2D eigenvalue weighted by molar-refractivity contribution is 0.0968. The van der Waals surface area contributed by atoms with E-state index in [1.54, 1.807) is 24.4 Å². The van der Waals surface area contributed by atoms with Gasteiger partial charge in [0, 0.05) is 53.5 Å². The average Bonchev–Trinajstić information content (AvgIpc) is 3.55. The van der Waals surface area contributed by atoms with Crippen molar-refractivity contribution in [3.63, 3.8) is 0 Å². The molecule has 1 aliphatic heterocycles. The maximum Gasteiger partial charge on any atom is 0.159 e. The number of pyridine rings is 2. The minimum Gasteiger partial charge on any atom is -0.381 e. The quantitative estimate of drug-likeness (QED) is 0.306. The zero-order valence-electron chi connectivity index (χ0n) is 19.7. The molecule has 1 aromatic carbocycles. The topological polar surface area (TPSA) is 52.8 Å². The second-order valence-electron chi connectivity index (χ2n) is 8.63. The molecule has 0 bridgehead atoms. The van der Waals surface area contributed by atoms with E-state index in [0.717, 1.165) is 41.5 Å². The highest BCUT2D eigenvalue weighted by atomic mass is 35.5. The zero-order chi connectivity index (χ0) is 23.9. The fraction of sp³-hybridized carbons (Fsp3) is 0.370. The summed E-state index contributed by atoms with van der Waals surface area (Å²) in [6.07, 6.45) is 12.1. The zero-order valence-corrected chi connectivity index (χ0v) is 20.4. The Labute approximate surface area is 205 Å². The highest BCUT2D eigenvalue weighted by molar-refractivity contribution is 6.30. The van der Waals surface area contributed by atoms with Crippen LogP contribution in [0.15, 0.2) is 55.0 Å². The molecule has 34 heavy (non-hydrogen) atoms. The third-order valence-electron chi connectivity index (χ3n) is 5.92. The van der Waals surface area contributed by atoms with Crippen molar-refractivity contribution in [3.8, 4) is 11.1 Å². The molecule has 0 unspecified atom stereocenters. The number of nitrogens with zero attached hydrogens (tertiary/aromatic N) is 4. The van der Waals surface area contributed by atoms with Gasteiger partial charge in [-0.05, 0) is 93.5 Å². The third-order valence-corrected chi connectivity index (χ3v) is 6.15. The van der Waals surface area contributed by atoms with Crippen LogP contribution in [0.5, 0.6) is 0 Å². The molecule has 2 fully saturated rings. The smallest absolute Gasteiger partial charge is 0.159 e. The number of hydrogen-bond acceptors (Lipinski definition) is 4. The predicted molar refractivity (Wildman–Crippen MR) is 135 cm³/mol. The number of hydrogen-bond donors (Lipinski definition) is 0. The lowest BCUT2D eigenvalue weighted by Gasteiger charge is -2.09. The van der Waals surface area contributed by atoms with Gasteiger partial charge in [0.2, 0.25) is 0 Å². The number of benzene rings is 1. The Kier molecular flexibility index (Phi) is 8.25. The van der Waals surface area contributed by atoms with Crippen molar-refractivity contribution in [2.24, 2.45) is 0 Å². The summed E-state index contributed by atoms with van der Waals surface area (Å²) in [5.74, 6) is -0.344. The highest BCUT2D eigenvalue weighted by Gasteiger charge is 2.22. The molecule has 178 valence electrons. The van der Waals surface area contributed by atoms with Crippen molar-refractivity contribution < 1.29 is 9.13 Å². The summed E-state index contributed by atoms with van der Waals surface area (Å²) in [5, 5.41) is 5.32. The van der Waals surface area contributed by atoms with Gasteiger partial charge in [0.1, 0.15) is 5.82 Å². The molecule has 5 nitrogen and oxygen atoms in total. The van der Waals surface area contributed by atoms with Crippen LogP contribution < -0.4 is 0 Å². The van der Waals surface area contributed by atoms with Gasteiger partial charge in [0.25, 0.3) is 0 Å². The summed E-state index contributed by atoms with van der Waals surface area (Å²) in [5.41, 5.74) is 3.89. The van der Waals surface area contributed by atoms with Crippen LogP contribution in [0.25, 0.3) is 22.2 Å². The Hall–Kier alpha value is -2.83. The number of ether oxygens (including phenoxy) is 1. The molecular weight excluding hydrogens is 451 g/mol. The molecular formula is C27H30ClFN4O. The van der Waals surface area contributed by atoms with Gasteiger partial charge in [-0.1, -0.05) is 11.6 Å².